The van der Waals surface area contributed by atoms with Crippen LogP contribution in [-0.2, 0) is 29.7 Å². The summed E-state index contributed by atoms with van der Waals surface area (Å²) in [6.45, 7) is 0. The maximum atomic E-state index is 6.08. The molecule has 2 heterocycles. The van der Waals surface area contributed by atoms with Gasteiger partial charge in [-0.2, -0.15) is 14.7 Å². The summed E-state index contributed by atoms with van der Waals surface area (Å²) in [7, 11) is 0. The Morgan fingerprint density at radius 2 is 1.40 bits per heavy atom. The molecule has 0 N–H and O–H groups in total. The fraction of sp³-hybridized carbons (Fsp3) is 0.400. The molecule has 25 heavy (non-hydrogen) atoms. The SMILES string of the molecule is c1ccc(C2OOC3OC(OO2)C2(CCCC2)c2ccccc23)cc1. The van der Waals surface area contributed by atoms with Crippen LogP contribution in [0.1, 0.15) is 55.0 Å². The van der Waals surface area contributed by atoms with E-state index in [1.54, 1.807) is 0 Å². The number of hydrogen-bond acceptors (Lipinski definition) is 5. The van der Waals surface area contributed by atoms with E-state index < -0.39 is 18.9 Å². The molecule has 1 saturated heterocycles. The summed E-state index contributed by atoms with van der Waals surface area (Å²) < 4.78 is 6.08. The Bertz CT molecular complexity index is 741. The first kappa shape index (κ1) is 15.5. The Morgan fingerprint density at radius 3 is 2.24 bits per heavy atom. The predicted octanol–water partition coefficient (Wildman–Crippen LogP) is 4.46. The van der Waals surface area contributed by atoms with Crippen LogP contribution in [0, 0.1) is 0 Å². The molecule has 0 amide bonds. The molecule has 2 aliphatic heterocycles. The first-order valence-corrected chi connectivity index (χ1v) is 8.81. The summed E-state index contributed by atoms with van der Waals surface area (Å²) in [4.78, 5) is 22.5. The van der Waals surface area contributed by atoms with E-state index in [0.717, 1.165) is 36.8 Å². The van der Waals surface area contributed by atoms with Crippen LogP contribution < -0.4 is 0 Å². The van der Waals surface area contributed by atoms with Crippen LogP contribution in [0.3, 0.4) is 0 Å². The van der Waals surface area contributed by atoms with Crippen molar-refractivity contribution in [2.24, 2.45) is 0 Å². The second kappa shape index (κ2) is 6.20. The van der Waals surface area contributed by atoms with E-state index in [-0.39, 0.29) is 5.41 Å². The standard InChI is InChI=1S/C20H20O5/c1-2-8-14(9-3-1)17-22-24-18-15-10-4-5-11-16(15)20(12-6-7-13-20)19(21-18)25-23-17/h1-5,8-11,17-19H,6-7,12-13H2. The zero-order valence-corrected chi connectivity index (χ0v) is 13.8. The fourth-order valence-corrected chi connectivity index (χ4v) is 4.24. The summed E-state index contributed by atoms with van der Waals surface area (Å²) in [6, 6.07) is 17.8. The van der Waals surface area contributed by atoms with Crippen molar-refractivity contribution in [1.82, 2.24) is 0 Å². The van der Waals surface area contributed by atoms with Gasteiger partial charge in [-0.3, -0.25) is 0 Å². The zero-order valence-electron chi connectivity index (χ0n) is 13.8. The molecule has 3 atom stereocenters. The molecule has 1 spiro atoms. The van der Waals surface area contributed by atoms with Crippen molar-refractivity contribution in [3.8, 4) is 0 Å². The molecule has 130 valence electrons. The second-order valence-corrected chi connectivity index (χ2v) is 6.88. The Balaban J connectivity index is 1.52. The van der Waals surface area contributed by atoms with Gasteiger partial charge < -0.3 is 4.74 Å². The van der Waals surface area contributed by atoms with Gasteiger partial charge in [0.25, 0.3) is 0 Å². The molecule has 2 aromatic rings. The molecule has 5 heteroatoms. The van der Waals surface area contributed by atoms with Gasteiger partial charge in [0.2, 0.25) is 18.9 Å². The van der Waals surface area contributed by atoms with Crippen LogP contribution in [0.15, 0.2) is 54.6 Å². The lowest BCUT2D eigenvalue weighted by Gasteiger charge is -2.45. The maximum Gasteiger partial charge on any atom is 0.249 e. The van der Waals surface area contributed by atoms with Crippen LogP contribution >= 0.6 is 0 Å². The summed E-state index contributed by atoms with van der Waals surface area (Å²) >= 11 is 0. The fourth-order valence-electron chi connectivity index (χ4n) is 4.24. The van der Waals surface area contributed by atoms with Crippen LogP contribution in [0.5, 0.6) is 0 Å². The van der Waals surface area contributed by atoms with Crippen LogP contribution in [0.2, 0.25) is 0 Å². The second-order valence-electron chi connectivity index (χ2n) is 6.88. The number of ether oxygens (including phenoxy) is 1. The number of benzene rings is 2. The van der Waals surface area contributed by atoms with E-state index in [0.29, 0.717) is 0 Å². The minimum atomic E-state index is -0.751. The minimum Gasteiger partial charge on any atom is -0.312 e. The Kier molecular flexibility index (Phi) is 3.84. The minimum absolute atomic E-state index is 0.185. The van der Waals surface area contributed by atoms with Crippen LogP contribution in [-0.4, -0.2) is 6.29 Å². The third-order valence-electron chi connectivity index (χ3n) is 5.48. The smallest absolute Gasteiger partial charge is 0.249 e. The molecule has 2 bridgehead atoms. The summed E-state index contributed by atoms with van der Waals surface area (Å²) in [6.07, 6.45) is 2.46. The zero-order chi connectivity index (χ0) is 16.7. The lowest BCUT2D eigenvalue weighted by Crippen LogP contribution is -2.47. The van der Waals surface area contributed by atoms with Gasteiger partial charge >= 0.3 is 0 Å². The molecule has 5 nitrogen and oxygen atoms in total. The highest BCUT2D eigenvalue weighted by atomic mass is 17.3. The van der Waals surface area contributed by atoms with Gasteiger partial charge in [-0.05, 0) is 18.4 Å². The van der Waals surface area contributed by atoms with Gasteiger partial charge in [-0.1, -0.05) is 67.4 Å². The molecule has 0 radical (unpaired) electrons. The normalized spacial score (nSPS) is 30.5. The predicted molar refractivity (Wildman–Crippen MR) is 87.7 cm³/mol. The first-order valence-electron chi connectivity index (χ1n) is 8.81. The molecule has 3 aliphatic rings. The van der Waals surface area contributed by atoms with Gasteiger partial charge in [0.1, 0.15) is 0 Å². The van der Waals surface area contributed by atoms with E-state index in [1.807, 2.05) is 42.5 Å². The molecule has 2 fully saturated rings. The van der Waals surface area contributed by atoms with Gasteiger partial charge in [-0.25, -0.2) is 4.89 Å². The monoisotopic (exact) mass is 340 g/mol. The van der Waals surface area contributed by atoms with Crippen molar-refractivity contribution >= 4 is 0 Å². The lowest BCUT2D eigenvalue weighted by atomic mass is 9.74. The van der Waals surface area contributed by atoms with E-state index in [2.05, 4.69) is 12.1 Å². The molecule has 1 aliphatic carbocycles. The van der Waals surface area contributed by atoms with E-state index in [1.165, 1.54) is 5.56 Å². The van der Waals surface area contributed by atoms with E-state index in [4.69, 9.17) is 24.3 Å². The lowest BCUT2D eigenvalue weighted by molar-refractivity contribution is -0.569. The highest BCUT2D eigenvalue weighted by Crippen LogP contribution is 2.53. The Hall–Kier alpha value is -1.76. The molecule has 5 rings (SSSR count). The molecular weight excluding hydrogens is 320 g/mol. The highest BCUT2D eigenvalue weighted by molar-refractivity contribution is 5.38. The van der Waals surface area contributed by atoms with Crippen molar-refractivity contribution in [2.75, 3.05) is 0 Å². The van der Waals surface area contributed by atoms with Crippen molar-refractivity contribution < 1.29 is 24.3 Å². The Labute approximate surface area is 146 Å². The number of rotatable bonds is 1. The van der Waals surface area contributed by atoms with Crippen molar-refractivity contribution in [3.63, 3.8) is 0 Å². The first-order chi connectivity index (χ1) is 12.4. The summed E-state index contributed by atoms with van der Waals surface area (Å²) in [5, 5.41) is 0. The number of fused-ring (bicyclic) bond motifs is 6. The molecule has 1 saturated carbocycles. The quantitative estimate of drug-likeness (QED) is 0.717. The molecule has 2 aromatic carbocycles. The molecular formula is C20H20O5. The summed E-state index contributed by atoms with van der Waals surface area (Å²) in [5.74, 6) is 0. The van der Waals surface area contributed by atoms with Gasteiger partial charge in [0, 0.05) is 16.5 Å². The topological polar surface area (TPSA) is 46.2 Å². The highest BCUT2D eigenvalue weighted by Gasteiger charge is 2.52. The van der Waals surface area contributed by atoms with Crippen molar-refractivity contribution in [1.29, 1.82) is 0 Å². The average Bonchev–Trinajstić information content (AvgIpc) is 3.13. The van der Waals surface area contributed by atoms with Gasteiger partial charge in [0.05, 0.1) is 0 Å². The largest absolute Gasteiger partial charge is 0.312 e. The number of hydrogen-bond donors (Lipinski definition) is 0. The van der Waals surface area contributed by atoms with Gasteiger partial charge in [0.15, 0.2) is 0 Å². The summed E-state index contributed by atoms with van der Waals surface area (Å²) in [5.41, 5.74) is 2.88. The van der Waals surface area contributed by atoms with Gasteiger partial charge in [-0.15, -0.1) is 0 Å². The third-order valence-corrected chi connectivity index (χ3v) is 5.48. The van der Waals surface area contributed by atoms with Crippen LogP contribution in [0.4, 0.5) is 0 Å². The maximum absolute atomic E-state index is 6.08. The molecule has 0 aromatic heterocycles. The average molecular weight is 340 g/mol. The Morgan fingerprint density at radius 1 is 0.720 bits per heavy atom. The van der Waals surface area contributed by atoms with E-state index in [9.17, 15) is 0 Å². The van der Waals surface area contributed by atoms with Crippen molar-refractivity contribution in [3.05, 3.63) is 71.3 Å². The van der Waals surface area contributed by atoms with E-state index >= 15 is 0 Å². The molecule has 3 unspecified atom stereocenters. The van der Waals surface area contributed by atoms with Crippen LogP contribution in [0.25, 0.3) is 0 Å². The third kappa shape index (κ3) is 2.51. The van der Waals surface area contributed by atoms with Crippen molar-refractivity contribution in [2.45, 2.75) is 50.0 Å².